The van der Waals surface area contributed by atoms with Gasteiger partial charge in [0.25, 0.3) is 0 Å². The zero-order chi connectivity index (χ0) is 22.0. The zero-order valence-corrected chi connectivity index (χ0v) is 20.1. The molecule has 0 bridgehead atoms. The summed E-state index contributed by atoms with van der Waals surface area (Å²) in [7, 11) is 0. The van der Waals surface area contributed by atoms with Crippen molar-refractivity contribution >= 4 is 27.5 Å². The van der Waals surface area contributed by atoms with Crippen LogP contribution in [-0.4, -0.2) is 25.2 Å². The molecule has 1 heterocycles. The molecular formula is C26H30BrNO3. The van der Waals surface area contributed by atoms with Gasteiger partial charge >= 0.3 is 5.97 Å². The minimum Gasteiger partial charge on any atom is -0.489 e. The molecule has 2 aromatic rings. The Hall–Kier alpha value is -2.11. The topological polar surface area (TPSA) is 47.6 Å². The molecule has 4 nitrogen and oxygen atoms in total. The van der Waals surface area contributed by atoms with E-state index in [0.717, 1.165) is 50.1 Å². The number of ether oxygens (including phenoxy) is 2. The third-order valence-corrected chi connectivity index (χ3v) is 6.54. The molecule has 1 fully saturated rings. The molecule has 1 aliphatic carbocycles. The van der Waals surface area contributed by atoms with Crippen LogP contribution in [0.5, 0.6) is 11.5 Å². The van der Waals surface area contributed by atoms with Crippen molar-refractivity contribution in [2.24, 2.45) is 5.41 Å². The van der Waals surface area contributed by atoms with Crippen molar-refractivity contribution in [1.82, 2.24) is 5.32 Å². The summed E-state index contributed by atoms with van der Waals surface area (Å²) in [5.41, 5.74) is 4.23. The molecule has 0 radical (unpaired) electrons. The average molecular weight is 484 g/mol. The molecule has 0 aromatic heterocycles. The fourth-order valence-corrected chi connectivity index (χ4v) is 4.71. The van der Waals surface area contributed by atoms with Crippen molar-refractivity contribution in [3.8, 4) is 11.5 Å². The Kier molecular flexibility index (Phi) is 6.54. The van der Waals surface area contributed by atoms with Crippen LogP contribution in [0, 0.1) is 5.41 Å². The van der Waals surface area contributed by atoms with Crippen LogP contribution < -0.4 is 14.8 Å². The molecule has 1 atom stereocenters. The van der Waals surface area contributed by atoms with Gasteiger partial charge in [0.1, 0.15) is 17.6 Å². The quantitative estimate of drug-likeness (QED) is 0.436. The van der Waals surface area contributed by atoms with Crippen molar-refractivity contribution in [3.63, 3.8) is 0 Å². The van der Waals surface area contributed by atoms with E-state index in [0.29, 0.717) is 5.75 Å². The van der Waals surface area contributed by atoms with Crippen LogP contribution in [0.25, 0.3) is 5.57 Å². The van der Waals surface area contributed by atoms with Crippen molar-refractivity contribution < 1.29 is 14.3 Å². The number of hydrogen-bond donors (Lipinski definition) is 1. The van der Waals surface area contributed by atoms with Crippen LogP contribution in [0.4, 0.5) is 0 Å². The number of hydrogen-bond acceptors (Lipinski definition) is 4. The molecular weight excluding hydrogens is 454 g/mol. The number of aryl methyl sites for hydroxylation is 1. The van der Waals surface area contributed by atoms with E-state index in [1.807, 2.05) is 32.9 Å². The van der Waals surface area contributed by atoms with Gasteiger partial charge < -0.3 is 14.8 Å². The van der Waals surface area contributed by atoms with Crippen LogP contribution >= 0.6 is 15.9 Å². The second-order valence-electron chi connectivity index (χ2n) is 9.35. The molecule has 2 aromatic carbocycles. The molecule has 2 aliphatic rings. The van der Waals surface area contributed by atoms with E-state index in [-0.39, 0.29) is 12.1 Å². The zero-order valence-electron chi connectivity index (χ0n) is 18.5. The number of carbonyl (C=O) groups excluding carboxylic acids is 1. The fraction of sp³-hybridized carbons (Fsp3) is 0.423. The van der Waals surface area contributed by atoms with Gasteiger partial charge in [0.05, 0.1) is 5.41 Å². The molecule has 5 heteroatoms. The molecule has 31 heavy (non-hydrogen) atoms. The lowest BCUT2D eigenvalue weighted by Gasteiger charge is -2.18. The Morgan fingerprint density at radius 3 is 2.48 bits per heavy atom. The summed E-state index contributed by atoms with van der Waals surface area (Å²) in [5.74, 6) is 1.31. The van der Waals surface area contributed by atoms with Crippen LogP contribution in [0.3, 0.4) is 0 Å². The lowest BCUT2D eigenvalue weighted by molar-refractivity contribution is -0.143. The van der Waals surface area contributed by atoms with Gasteiger partial charge in [-0.1, -0.05) is 34.1 Å². The van der Waals surface area contributed by atoms with Crippen LogP contribution in [0.1, 0.15) is 56.7 Å². The van der Waals surface area contributed by atoms with E-state index in [1.165, 1.54) is 21.2 Å². The van der Waals surface area contributed by atoms with E-state index in [9.17, 15) is 4.79 Å². The predicted molar refractivity (Wildman–Crippen MR) is 128 cm³/mol. The first kappa shape index (κ1) is 22.1. The number of rotatable bonds is 4. The summed E-state index contributed by atoms with van der Waals surface area (Å²) in [6.45, 7) is 7.54. The summed E-state index contributed by atoms with van der Waals surface area (Å²) >= 11 is 3.84. The SMILES string of the molecule is CC(C)(C)C(=O)Oc1ccc2c(c1)CCCC(Br)=C2c1ccc(O[C@H]2CCNC2)cc1. The van der Waals surface area contributed by atoms with Crippen molar-refractivity contribution in [3.05, 3.63) is 63.6 Å². The van der Waals surface area contributed by atoms with Crippen molar-refractivity contribution in [2.45, 2.75) is 52.6 Å². The maximum Gasteiger partial charge on any atom is 0.316 e. The monoisotopic (exact) mass is 483 g/mol. The highest BCUT2D eigenvalue weighted by Gasteiger charge is 2.25. The van der Waals surface area contributed by atoms with Crippen molar-refractivity contribution in [1.29, 1.82) is 0 Å². The van der Waals surface area contributed by atoms with Gasteiger partial charge in [0, 0.05) is 11.0 Å². The molecule has 4 rings (SSSR count). The standard InChI is InChI=1S/C26H30BrNO3/c1-26(2,3)25(29)31-20-11-12-22-18(15-20)5-4-6-23(27)24(22)17-7-9-19(10-8-17)30-21-13-14-28-16-21/h7-12,15,21,28H,4-6,13-14,16H2,1-3H3/t21-/m0/s1. The number of nitrogens with one attached hydrogen (secondary N) is 1. The molecule has 1 N–H and O–H groups in total. The van der Waals surface area contributed by atoms with Gasteiger partial charge in [-0.3, -0.25) is 4.79 Å². The number of halogens is 1. The highest BCUT2D eigenvalue weighted by atomic mass is 79.9. The summed E-state index contributed by atoms with van der Waals surface area (Å²) in [6.07, 6.45) is 4.28. The van der Waals surface area contributed by atoms with Gasteiger partial charge in [-0.05, 0) is 99.5 Å². The Morgan fingerprint density at radius 2 is 1.81 bits per heavy atom. The normalized spacial score (nSPS) is 19.0. The summed E-state index contributed by atoms with van der Waals surface area (Å²) in [4.78, 5) is 12.3. The molecule has 0 unspecified atom stereocenters. The molecule has 164 valence electrons. The molecule has 1 saturated heterocycles. The minimum atomic E-state index is -0.529. The Balaban J connectivity index is 1.60. The van der Waals surface area contributed by atoms with E-state index in [4.69, 9.17) is 9.47 Å². The third-order valence-electron chi connectivity index (χ3n) is 5.74. The predicted octanol–water partition coefficient (Wildman–Crippen LogP) is 5.87. The molecule has 1 aliphatic heterocycles. The van der Waals surface area contributed by atoms with Crippen molar-refractivity contribution in [2.75, 3.05) is 13.1 Å². The summed E-state index contributed by atoms with van der Waals surface area (Å²) in [6, 6.07) is 14.4. The van der Waals surface area contributed by atoms with Crippen LogP contribution in [-0.2, 0) is 11.2 Å². The summed E-state index contributed by atoms with van der Waals surface area (Å²) in [5, 5.41) is 3.33. The first-order chi connectivity index (χ1) is 14.8. The largest absolute Gasteiger partial charge is 0.489 e. The van der Waals surface area contributed by atoms with Gasteiger partial charge in [-0.2, -0.15) is 0 Å². The maximum atomic E-state index is 12.3. The van der Waals surface area contributed by atoms with Crippen LogP contribution in [0.15, 0.2) is 46.9 Å². The van der Waals surface area contributed by atoms with Gasteiger partial charge in [0.2, 0.25) is 0 Å². The smallest absolute Gasteiger partial charge is 0.316 e. The van der Waals surface area contributed by atoms with E-state index >= 15 is 0 Å². The number of allylic oxidation sites excluding steroid dienone is 1. The Morgan fingerprint density at radius 1 is 1.06 bits per heavy atom. The van der Waals surface area contributed by atoms with Crippen LogP contribution in [0.2, 0.25) is 0 Å². The number of carbonyl (C=O) groups is 1. The average Bonchev–Trinajstić information content (AvgIpc) is 3.17. The third kappa shape index (κ3) is 5.21. The molecule has 0 amide bonds. The lowest BCUT2D eigenvalue weighted by Crippen LogP contribution is -2.25. The second-order valence-corrected chi connectivity index (χ2v) is 10.3. The molecule has 0 spiro atoms. The summed E-state index contributed by atoms with van der Waals surface area (Å²) < 4.78 is 12.9. The molecule has 0 saturated carbocycles. The number of fused-ring (bicyclic) bond motifs is 1. The first-order valence-electron chi connectivity index (χ1n) is 11.0. The van der Waals surface area contributed by atoms with E-state index < -0.39 is 5.41 Å². The number of benzene rings is 2. The Labute approximate surface area is 193 Å². The highest BCUT2D eigenvalue weighted by molar-refractivity contribution is 9.11. The fourth-order valence-electron chi connectivity index (χ4n) is 3.98. The lowest BCUT2D eigenvalue weighted by atomic mass is 9.93. The van der Waals surface area contributed by atoms with Gasteiger partial charge in [0.15, 0.2) is 0 Å². The Bertz CT molecular complexity index is 983. The van der Waals surface area contributed by atoms with Gasteiger partial charge in [-0.25, -0.2) is 0 Å². The highest BCUT2D eigenvalue weighted by Crippen LogP contribution is 2.39. The van der Waals surface area contributed by atoms with E-state index in [1.54, 1.807) is 0 Å². The maximum absolute atomic E-state index is 12.3. The second kappa shape index (κ2) is 9.17. The minimum absolute atomic E-state index is 0.217. The number of esters is 1. The van der Waals surface area contributed by atoms with Gasteiger partial charge in [-0.15, -0.1) is 0 Å². The first-order valence-corrected chi connectivity index (χ1v) is 11.8. The van der Waals surface area contributed by atoms with E-state index in [2.05, 4.69) is 51.6 Å².